The Kier molecular flexibility index (Phi) is 3.36. The topological polar surface area (TPSA) is 28.4 Å². The number of rotatable bonds is 3. The van der Waals surface area contributed by atoms with E-state index in [0.717, 1.165) is 25.4 Å². The molecule has 1 saturated heterocycles. The average Bonchev–Trinajstić information content (AvgIpc) is 2.68. The molecule has 0 saturated carbocycles. The summed E-state index contributed by atoms with van der Waals surface area (Å²) in [4.78, 5) is 2.48. The standard InChI is InChI=1S/C13H22N2O/c1-11-4-9-16-12(11)10-15-7-5-13(2,14-3)6-8-15/h4,9,14H,5-8,10H2,1-3H3. The molecule has 2 heterocycles. The maximum Gasteiger partial charge on any atom is 0.120 e. The molecule has 1 aliphatic rings. The lowest BCUT2D eigenvalue weighted by molar-refractivity contribution is 0.138. The predicted molar refractivity (Wildman–Crippen MR) is 65.4 cm³/mol. The van der Waals surface area contributed by atoms with Crippen molar-refractivity contribution in [1.82, 2.24) is 10.2 Å². The summed E-state index contributed by atoms with van der Waals surface area (Å²) >= 11 is 0. The molecule has 2 rings (SSSR count). The van der Waals surface area contributed by atoms with E-state index in [4.69, 9.17) is 4.42 Å². The van der Waals surface area contributed by atoms with Gasteiger partial charge < -0.3 is 9.73 Å². The highest BCUT2D eigenvalue weighted by Crippen LogP contribution is 2.23. The van der Waals surface area contributed by atoms with Crippen LogP contribution in [0.5, 0.6) is 0 Å². The van der Waals surface area contributed by atoms with Gasteiger partial charge in [-0.2, -0.15) is 0 Å². The molecule has 1 N–H and O–H groups in total. The number of hydrogen-bond donors (Lipinski definition) is 1. The minimum atomic E-state index is 0.328. The third-order valence-electron chi connectivity index (χ3n) is 3.90. The van der Waals surface area contributed by atoms with E-state index in [1.54, 1.807) is 6.26 Å². The van der Waals surface area contributed by atoms with Crippen molar-refractivity contribution in [3.05, 3.63) is 23.7 Å². The zero-order valence-electron chi connectivity index (χ0n) is 10.5. The van der Waals surface area contributed by atoms with Crippen molar-refractivity contribution in [3.8, 4) is 0 Å². The first-order valence-corrected chi connectivity index (χ1v) is 6.07. The predicted octanol–water partition coefficient (Wildman–Crippen LogP) is 2.16. The molecular formula is C13H22N2O. The molecule has 0 unspecified atom stereocenters. The number of nitrogens with one attached hydrogen (secondary N) is 1. The Balaban J connectivity index is 1.88. The van der Waals surface area contributed by atoms with E-state index in [0.29, 0.717) is 5.54 Å². The number of furan rings is 1. The van der Waals surface area contributed by atoms with Gasteiger partial charge in [0.2, 0.25) is 0 Å². The van der Waals surface area contributed by atoms with Crippen LogP contribution in [0.15, 0.2) is 16.7 Å². The summed E-state index contributed by atoms with van der Waals surface area (Å²) in [6.45, 7) is 7.68. The van der Waals surface area contributed by atoms with E-state index in [9.17, 15) is 0 Å². The van der Waals surface area contributed by atoms with Crippen molar-refractivity contribution >= 4 is 0 Å². The molecular weight excluding hydrogens is 200 g/mol. The number of nitrogens with zero attached hydrogens (tertiary/aromatic N) is 1. The van der Waals surface area contributed by atoms with Gasteiger partial charge in [-0.05, 0) is 45.4 Å². The lowest BCUT2D eigenvalue weighted by Crippen LogP contribution is -2.49. The first-order chi connectivity index (χ1) is 7.63. The summed E-state index contributed by atoms with van der Waals surface area (Å²) in [6.07, 6.45) is 4.21. The van der Waals surface area contributed by atoms with E-state index in [1.807, 2.05) is 6.07 Å². The summed E-state index contributed by atoms with van der Waals surface area (Å²) < 4.78 is 5.49. The quantitative estimate of drug-likeness (QED) is 0.849. The van der Waals surface area contributed by atoms with Gasteiger partial charge in [-0.1, -0.05) is 0 Å². The van der Waals surface area contributed by atoms with Crippen molar-refractivity contribution in [2.45, 2.75) is 38.8 Å². The molecule has 0 atom stereocenters. The van der Waals surface area contributed by atoms with Crippen LogP contribution in [0.25, 0.3) is 0 Å². The Morgan fingerprint density at radius 3 is 2.62 bits per heavy atom. The minimum absolute atomic E-state index is 0.328. The van der Waals surface area contributed by atoms with Crippen LogP contribution in [0.4, 0.5) is 0 Å². The van der Waals surface area contributed by atoms with Crippen LogP contribution in [0.2, 0.25) is 0 Å². The largest absolute Gasteiger partial charge is 0.468 e. The van der Waals surface area contributed by atoms with Crippen LogP contribution in [0.1, 0.15) is 31.1 Å². The maximum atomic E-state index is 5.49. The molecule has 0 amide bonds. The third kappa shape index (κ3) is 2.47. The monoisotopic (exact) mass is 222 g/mol. The Labute approximate surface area is 97.8 Å². The molecule has 3 heteroatoms. The van der Waals surface area contributed by atoms with Crippen LogP contribution in [0, 0.1) is 6.92 Å². The van der Waals surface area contributed by atoms with Crippen molar-refractivity contribution in [2.75, 3.05) is 20.1 Å². The zero-order valence-corrected chi connectivity index (χ0v) is 10.5. The second-order valence-electron chi connectivity index (χ2n) is 5.11. The number of piperidine rings is 1. The highest BCUT2D eigenvalue weighted by molar-refractivity contribution is 5.14. The Morgan fingerprint density at radius 1 is 1.44 bits per heavy atom. The smallest absolute Gasteiger partial charge is 0.120 e. The first-order valence-electron chi connectivity index (χ1n) is 6.07. The fourth-order valence-corrected chi connectivity index (χ4v) is 2.22. The SMILES string of the molecule is CNC1(C)CCN(Cc2occc2C)CC1. The first kappa shape index (κ1) is 11.7. The second kappa shape index (κ2) is 4.60. The van der Waals surface area contributed by atoms with E-state index in [1.165, 1.54) is 18.4 Å². The van der Waals surface area contributed by atoms with Crippen LogP contribution in [-0.2, 0) is 6.54 Å². The minimum Gasteiger partial charge on any atom is -0.468 e. The van der Waals surface area contributed by atoms with Gasteiger partial charge in [0, 0.05) is 18.6 Å². The van der Waals surface area contributed by atoms with Gasteiger partial charge in [0.1, 0.15) is 5.76 Å². The van der Waals surface area contributed by atoms with E-state index < -0.39 is 0 Å². The van der Waals surface area contributed by atoms with Crippen LogP contribution in [-0.4, -0.2) is 30.6 Å². The van der Waals surface area contributed by atoms with Crippen LogP contribution < -0.4 is 5.32 Å². The van der Waals surface area contributed by atoms with Gasteiger partial charge in [0.15, 0.2) is 0 Å². The highest BCUT2D eigenvalue weighted by Gasteiger charge is 2.28. The lowest BCUT2D eigenvalue weighted by atomic mass is 9.90. The third-order valence-corrected chi connectivity index (χ3v) is 3.90. The van der Waals surface area contributed by atoms with E-state index in [-0.39, 0.29) is 0 Å². The van der Waals surface area contributed by atoms with E-state index in [2.05, 4.69) is 31.1 Å². The van der Waals surface area contributed by atoms with Crippen molar-refractivity contribution in [3.63, 3.8) is 0 Å². The zero-order chi connectivity index (χ0) is 11.6. The molecule has 1 aromatic rings. The molecule has 0 radical (unpaired) electrons. The molecule has 0 spiro atoms. The lowest BCUT2D eigenvalue weighted by Gasteiger charge is -2.39. The van der Waals surface area contributed by atoms with E-state index >= 15 is 0 Å². The maximum absolute atomic E-state index is 5.49. The molecule has 0 bridgehead atoms. The molecule has 3 nitrogen and oxygen atoms in total. The molecule has 1 aromatic heterocycles. The average molecular weight is 222 g/mol. The fourth-order valence-electron chi connectivity index (χ4n) is 2.22. The summed E-state index contributed by atoms with van der Waals surface area (Å²) in [5, 5.41) is 3.42. The molecule has 1 aliphatic heterocycles. The van der Waals surface area contributed by atoms with Gasteiger partial charge in [-0.3, -0.25) is 4.90 Å². The summed E-state index contributed by atoms with van der Waals surface area (Å²) in [5.74, 6) is 1.12. The van der Waals surface area contributed by atoms with Gasteiger partial charge >= 0.3 is 0 Å². The number of hydrogen-bond acceptors (Lipinski definition) is 3. The van der Waals surface area contributed by atoms with Crippen molar-refractivity contribution in [1.29, 1.82) is 0 Å². The van der Waals surface area contributed by atoms with Gasteiger partial charge in [0.05, 0.1) is 12.8 Å². The molecule has 0 aliphatic carbocycles. The van der Waals surface area contributed by atoms with Crippen molar-refractivity contribution < 1.29 is 4.42 Å². The number of aryl methyl sites for hydroxylation is 1. The van der Waals surface area contributed by atoms with Gasteiger partial charge in [-0.25, -0.2) is 0 Å². The molecule has 0 aromatic carbocycles. The summed E-state index contributed by atoms with van der Waals surface area (Å²) in [6, 6.07) is 2.04. The second-order valence-corrected chi connectivity index (χ2v) is 5.11. The molecule has 16 heavy (non-hydrogen) atoms. The molecule has 1 fully saturated rings. The Hall–Kier alpha value is -0.800. The summed E-state index contributed by atoms with van der Waals surface area (Å²) in [7, 11) is 2.06. The Bertz CT molecular complexity index is 337. The fraction of sp³-hybridized carbons (Fsp3) is 0.692. The highest BCUT2D eigenvalue weighted by atomic mass is 16.3. The summed E-state index contributed by atoms with van der Waals surface area (Å²) in [5.41, 5.74) is 1.59. The number of likely N-dealkylation sites (tertiary alicyclic amines) is 1. The molecule has 90 valence electrons. The van der Waals surface area contributed by atoms with Gasteiger partial charge in [0.25, 0.3) is 0 Å². The van der Waals surface area contributed by atoms with Gasteiger partial charge in [-0.15, -0.1) is 0 Å². The van der Waals surface area contributed by atoms with Crippen LogP contribution in [0.3, 0.4) is 0 Å². The Morgan fingerprint density at radius 2 is 2.12 bits per heavy atom. The van der Waals surface area contributed by atoms with Crippen molar-refractivity contribution in [2.24, 2.45) is 0 Å². The normalized spacial score (nSPS) is 21.2. The van der Waals surface area contributed by atoms with Crippen LogP contribution >= 0.6 is 0 Å².